The van der Waals surface area contributed by atoms with Gasteiger partial charge in [-0.1, -0.05) is 34.1 Å². The maximum absolute atomic E-state index is 14.8. The molecule has 1 aliphatic heterocycles. The van der Waals surface area contributed by atoms with Crippen LogP contribution in [0, 0.1) is 24.1 Å². The van der Waals surface area contributed by atoms with Crippen LogP contribution in [0.4, 0.5) is 19.0 Å². The van der Waals surface area contributed by atoms with Crippen LogP contribution in [0.15, 0.2) is 18.2 Å². The van der Waals surface area contributed by atoms with Crippen molar-refractivity contribution >= 4 is 27.7 Å². The number of nitrogens with zero attached hydrogens (tertiary/aromatic N) is 3. The smallest absolute Gasteiger partial charge is 0.266 e. The van der Waals surface area contributed by atoms with Crippen molar-refractivity contribution in [2.75, 3.05) is 18.5 Å². The van der Waals surface area contributed by atoms with Crippen molar-refractivity contribution in [2.24, 2.45) is 0 Å². The number of carbonyl (C=O) groups excluding carboxylic acids is 1. The number of aromatic nitrogens is 2. The van der Waals surface area contributed by atoms with E-state index in [4.69, 9.17) is 9.47 Å². The summed E-state index contributed by atoms with van der Waals surface area (Å²) in [5, 5.41) is 15.1. The molecular weight excluding hydrogens is 531 g/mol. The Labute approximate surface area is 208 Å². The highest BCUT2D eigenvalue weighted by Gasteiger charge is 2.46. The number of nitriles is 1. The van der Waals surface area contributed by atoms with Gasteiger partial charge >= 0.3 is 0 Å². The lowest BCUT2D eigenvalue weighted by atomic mass is 10.0. The molecule has 12 heteroatoms. The average Bonchev–Trinajstić information content (AvgIpc) is 3.38. The van der Waals surface area contributed by atoms with Crippen LogP contribution in [0.25, 0.3) is 0 Å². The molecule has 1 aromatic carbocycles. The van der Waals surface area contributed by atoms with Crippen molar-refractivity contribution in [1.29, 1.82) is 5.26 Å². The topological polar surface area (TPSA) is 109 Å². The van der Waals surface area contributed by atoms with Crippen molar-refractivity contribution in [2.45, 2.75) is 55.8 Å². The highest BCUT2D eigenvalue weighted by Crippen LogP contribution is 2.40. The monoisotopic (exact) mass is 553 g/mol. The molecule has 1 saturated heterocycles. The van der Waals surface area contributed by atoms with Crippen LogP contribution in [-0.2, 0) is 14.3 Å². The summed E-state index contributed by atoms with van der Waals surface area (Å²) in [5.74, 6) is -0.951. The first-order valence-corrected chi connectivity index (χ1v) is 11.9. The van der Waals surface area contributed by atoms with Crippen LogP contribution in [0.5, 0.6) is 0 Å². The second-order valence-corrected chi connectivity index (χ2v) is 9.37. The van der Waals surface area contributed by atoms with Gasteiger partial charge in [-0.3, -0.25) is 4.79 Å². The van der Waals surface area contributed by atoms with Crippen LogP contribution in [0.3, 0.4) is 0 Å². The zero-order valence-electron chi connectivity index (χ0n) is 18.9. The summed E-state index contributed by atoms with van der Waals surface area (Å²) in [4.78, 5) is 20.8. The highest BCUT2D eigenvalue weighted by molar-refractivity contribution is 9.09. The van der Waals surface area contributed by atoms with E-state index in [1.807, 2.05) is 0 Å². The summed E-state index contributed by atoms with van der Waals surface area (Å²) < 4.78 is 52.5. The van der Waals surface area contributed by atoms with E-state index in [0.29, 0.717) is 37.4 Å². The number of alkyl halides is 3. The lowest BCUT2D eigenvalue weighted by molar-refractivity contribution is -0.121. The molecule has 2 fully saturated rings. The Morgan fingerprint density at radius 2 is 1.91 bits per heavy atom. The normalized spacial score (nSPS) is 18.7. The van der Waals surface area contributed by atoms with Gasteiger partial charge in [0.15, 0.2) is 6.29 Å². The fourth-order valence-corrected chi connectivity index (χ4v) is 4.29. The standard InChI is InChI=1S/C23H23BrF3N5O3/c1-11(13-4-3-5-14(17(13)25)19(26)27)29-20-15(22-34-8-9-35-22)18(30-12(2)31-20)16(24)21(33)32-23(10-28)6-7-23/h3-5,11,16,19,22H,6-9H2,1-2H3,(H,32,33)(H,29,30,31)/t11-,16?/m1/s1. The Morgan fingerprint density at radius 1 is 1.26 bits per heavy atom. The van der Waals surface area contributed by atoms with Crippen LogP contribution in [0.2, 0.25) is 0 Å². The van der Waals surface area contributed by atoms with Gasteiger partial charge in [0.25, 0.3) is 6.43 Å². The lowest BCUT2D eigenvalue weighted by Crippen LogP contribution is -2.38. The molecule has 2 atom stereocenters. The minimum Gasteiger partial charge on any atom is -0.363 e. The van der Waals surface area contributed by atoms with Crippen molar-refractivity contribution in [3.8, 4) is 6.07 Å². The Bertz CT molecular complexity index is 1170. The van der Waals surface area contributed by atoms with Crippen LogP contribution in [-0.4, -0.2) is 34.6 Å². The third kappa shape index (κ3) is 5.27. The summed E-state index contributed by atoms with van der Waals surface area (Å²) in [6.45, 7) is 3.82. The van der Waals surface area contributed by atoms with Crippen LogP contribution < -0.4 is 10.6 Å². The van der Waals surface area contributed by atoms with Crippen molar-refractivity contribution in [3.05, 3.63) is 52.2 Å². The molecule has 0 bridgehead atoms. The van der Waals surface area contributed by atoms with Gasteiger partial charge < -0.3 is 20.1 Å². The highest BCUT2D eigenvalue weighted by atomic mass is 79.9. The van der Waals surface area contributed by atoms with E-state index in [-0.39, 0.29) is 17.1 Å². The molecule has 2 heterocycles. The van der Waals surface area contributed by atoms with E-state index in [2.05, 4.69) is 42.6 Å². The molecule has 1 saturated carbocycles. The third-order valence-corrected chi connectivity index (χ3v) is 6.70. The van der Waals surface area contributed by atoms with Gasteiger partial charge in [-0.25, -0.2) is 23.1 Å². The minimum absolute atomic E-state index is 0.0256. The molecule has 4 rings (SSSR count). The fraction of sp³-hybridized carbons (Fsp3) is 0.478. The van der Waals surface area contributed by atoms with E-state index < -0.39 is 46.4 Å². The van der Waals surface area contributed by atoms with Gasteiger partial charge in [-0.2, -0.15) is 5.26 Å². The van der Waals surface area contributed by atoms with E-state index in [0.717, 1.165) is 6.07 Å². The number of ether oxygens (including phenoxy) is 2. The molecule has 0 radical (unpaired) electrons. The van der Waals surface area contributed by atoms with Crippen molar-refractivity contribution in [1.82, 2.24) is 15.3 Å². The van der Waals surface area contributed by atoms with Gasteiger partial charge in [0.1, 0.15) is 27.8 Å². The van der Waals surface area contributed by atoms with E-state index in [9.17, 15) is 23.2 Å². The quantitative estimate of drug-likeness (QED) is 0.456. The zero-order valence-corrected chi connectivity index (χ0v) is 20.5. The maximum atomic E-state index is 14.8. The molecule has 1 amide bonds. The molecule has 8 nitrogen and oxygen atoms in total. The van der Waals surface area contributed by atoms with Gasteiger partial charge in [-0.15, -0.1) is 0 Å². The minimum atomic E-state index is -2.96. The second kappa shape index (κ2) is 10.1. The summed E-state index contributed by atoms with van der Waals surface area (Å²) in [7, 11) is 0. The Balaban J connectivity index is 1.71. The molecule has 2 aliphatic rings. The molecule has 2 N–H and O–H groups in total. The molecule has 1 unspecified atom stereocenters. The molecule has 35 heavy (non-hydrogen) atoms. The predicted molar refractivity (Wildman–Crippen MR) is 122 cm³/mol. The number of aryl methyl sites for hydroxylation is 1. The van der Waals surface area contributed by atoms with Crippen LogP contribution in [0.1, 0.15) is 71.6 Å². The van der Waals surface area contributed by atoms with Gasteiger partial charge in [0, 0.05) is 5.56 Å². The van der Waals surface area contributed by atoms with E-state index in [1.165, 1.54) is 12.1 Å². The first-order chi connectivity index (χ1) is 16.7. The van der Waals surface area contributed by atoms with Gasteiger partial charge in [0.05, 0.1) is 42.1 Å². The summed E-state index contributed by atoms with van der Waals surface area (Å²) in [6.07, 6.45) is -2.74. The molecule has 1 aliphatic carbocycles. The van der Waals surface area contributed by atoms with E-state index >= 15 is 0 Å². The molecule has 2 aromatic rings. The number of anilines is 1. The number of hydrogen-bond acceptors (Lipinski definition) is 7. The number of rotatable bonds is 8. The Hall–Kier alpha value is -2.75. The lowest BCUT2D eigenvalue weighted by Gasteiger charge is -2.24. The maximum Gasteiger partial charge on any atom is 0.266 e. The summed E-state index contributed by atoms with van der Waals surface area (Å²) >= 11 is 3.38. The van der Waals surface area contributed by atoms with Crippen LogP contribution >= 0.6 is 15.9 Å². The third-order valence-electron chi connectivity index (χ3n) is 5.85. The van der Waals surface area contributed by atoms with Crippen molar-refractivity contribution in [3.63, 3.8) is 0 Å². The first kappa shape index (κ1) is 25.3. The molecule has 186 valence electrons. The summed E-state index contributed by atoms with van der Waals surface area (Å²) in [5.41, 5.74) is -0.967. The largest absolute Gasteiger partial charge is 0.363 e. The van der Waals surface area contributed by atoms with Crippen molar-refractivity contribution < 1.29 is 27.4 Å². The predicted octanol–water partition coefficient (Wildman–Crippen LogP) is 4.69. The van der Waals surface area contributed by atoms with E-state index in [1.54, 1.807) is 13.8 Å². The number of halogens is 4. The number of amides is 1. The SMILES string of the molecule is Cc1nc(N[C@H](C)c2cccc(C(F)F)c2F)c(C2OCCO2)c(C(Br)C(=O)NC2(C#N)CC2)n1. The average molecular weight is 554 g/mol. The molecular formula is C23H23BrF3N5O3. The zero-order chi connectivity index (χ0) is 25.3. The molecule has 1 aromatic heterocycles. The van der Waals surface area contributed by atoms with Gasteiger partial charge in [0.2, 0.25) is 5.91 Å². The number of carbonyl (C=O) groups is 1. The Kier molecular flexibility index (Phi) is 7.30. The number of hydrogen-bond donors (Lipinski definition) is 2. The Morgan fingerprint density at radius 3 is 2.51 bits per heavy atom. The molecule has 0 spiro atoms. The second-order valence-electron chi connectivity index (χ2n) is 8.45. The number of nitrogens with one attached hydrogen (secondary N) is 2. The first-order valence-electron chi connectivity index (χ1n) is 11.0. The number of benzene rings is 1. The fourth-order valence-electron chi connectivity index (χ4n) is 3.83. The summed E-state index contributed by atoms with van der Waals surface area (Å²) in [6, 6.07) is 5.15. The van der Waals surface area contributed by atoms with Gasteiger partial charge in [-0.05, 0) is 26.7 Å².